The van der Waals surface area contributed by atoms with E-state index in [0.717, 1.165) is 29.8 Å². The Kier molecular flexibility index (Phi) is 5.03. The van der Waals surface area contributed by atoms with Crippen molar-refractivity contribution in [2.45, 2.75) is 31.8 Å². The molecule has 3 aromatic rings. The zero-order valence-corrected chi connectivity index (χ0v) is 15.9. The quantitative estimate of drug-likeness (QED) is 0.656. The minimum absolute atomic E-state index is 0.00834. The molecular weight excluding hydrogens is 364 g/mol. The van der Waals surface area contributed by atoms with Crippen LogP contribution < -0.4 is 4.74 Å². The number of piperidine rings is 1. The van der Waals surface area contributed by atoms with E-state index in [-0.39, 0.29) is 11.8 Å². The van der Waals surface area contributed by atoms with Crippen molar-refractivity contribution in [3.63, 3.8) is 0 Å². The Hall–Kier alpha value is -2.53. The maximum Gasteiger partial charge on any atom is 0.263 e. The van der Waals surface area contributed by atoms with E-state index in [2.05, 4.69) is 4.98 Å². The van der Waals surface area contributed by atoms with Gasteiger partial charge in [0.1, 0.15) is 11.3 Å². The summed E-state index contributed by atoms with van der Waals surface area (Å²) in [6, 6.07) is 14.9. The third-order valence-electron chi connectivity index (χ3n) is 4.92. The van der Waals surface area contributed by atoms with E-state index < -0.39 is 6.10 Å². The lowest BCUT2D eigenvalue weighted by atomic mass is 9.96. The molecule has 0 saturated carbocycles. The molecule has 5 nitrogen and oxygen atoms in total. The number of oxazole rings is 1. The Bertz CT molecular complexity index is 914. The predicted octanol–water partition coefficient (Wildman–Crippen LogP) is 4.65. The van der Waals surface area contributed by atoms with Crippen LogP contribution in [0.1, 0.15) is 31.6 Å². The molecular formula is C21H21ClN2O3. The van der Waals surface area contributed by atoms with E-state index in [1.165, 1.54) is 0 Å². The van der Waals surface area contributed by atoms with E-state index in [9.17, 15) is 4.79 Å². The number of carbonyl (C=O) groups excluding carboxylic acids is 1. The van der Waals surface area contributed by atoms with Crippen LogP contribution in [0.4, 0.5) is 0 Å². The summed E-state index contributed by atoms with van der Waals surface area (Å²) < 4.78 is 11.6. The van der Waals surface area contributed by atoms with Gasteiger partial charge in [0, 0.05) is 24.0 Å². The second-order valence-electron chi connectivity index (χ2n) is 6.84. The SMILES string of the molecule is C[C@@H](Oc1cccc(Cl)c1)C(=O)N1CCC(c2nc3ccccc3o2)CC1. The molecule has 1 aliphatic rings. The van der Waals surface area contributed by atoms with E-state index >= 15 is 0 Å². The Morgan fingerprint density at radius 3 is 2.74 bits per heavy atom. The van der Waals surface area contributed by atoms with Crippen molar-refractivity contribution in [1.29, 1.82) is 0 Å². The van der Waals surface area contributed by atoms with Crippen LogP contribution in [0.25, 0.3) is 11.1 Å². The molecule has 6 heteroatoms. The number of para-hydroxylation sites is 2. The van der Waals surface area contributed by atoms with E-state index in [1.54, 1.807) is 31.2 Å². The number of benzene rings is 2. The van der Waals surface area contributed by atoms with Gasteiger partial charge in [0.05, 0.1) is 0 Å². The maximum absolute atomic E-state index is 12.7. The molecule has 140 valence electrons. The van der Waals surface area contributed by atoms with Gasteiger partial charge in [-0.25, -0.2) is 4.98 Å². The van der Waals surface area contributed by atoms with E-state index in [0.29, 0.717) is 23.9 Å². The highest BCUT2D eigenvalue weighted by Crippen LogP contribution is 2.30. The standard InChI is InChI=1S/C21H21ClN2O3/c1-14(26-17-6-4-5-16(22)13-17)21(25)24-11-9-15(10-12-24)20-23-18-7-2-3-8-19(18)27-20/h2-8,13-15H,9-12H2,1H3/t14-/m1/s1. The van der Waals surface area contributed by atoms with Crippen molar-refractivity contribution in [1.82, 2.24) is 9.88 Å². The summed E-state index contributed by atoms with van der Waals surface area (Å²) in [4.78, 5) is 19.2. The molecule has 0 unspecified atom stereocenters. The molecule has 0 spiro atoms. The van der Waals surface area contributed by atoms with Crippen LogP contribution in [0, 0.1) is 0 Å². The highest BCUT2D eigenvalue weighted by Gasteiger charge is 2.29. The molecule has 1 fully saturated rings. The normalized spacial score (nSPS) is 16.4. The molecule has 2 aromatic carbocycles. The molecule has 2 heterocycles. The lowest BCUT2D eigenvalue weighted by Crippen LogP contribution is -2.44. The van der Waals surface area contributed by atoms with Crippen LogP contribution in [-0.4, -0.2) is 35.0 Å². The van der Waals surface area contributed by atoms with Gasteiger partial charge in [-0.15, -0.1) is 0 Å². The Labute approximate surface area is 162 Å². The summed E-state index contributed by atoms with van der Waals surface area (Å²) >= 11 is 5.97. The third-order valence-corrected chi connectivity index (χ3v) is 5.16. The number of carbonyl (C=O) groups is 1. The maximum atomic E-state index is 12.7. The van der Waals surface area contributed by atoms with Crippen LogP contribution in [0.15, 0.2) is 52.9 Å². The van der Waals surface area contributed by atoms with Crippen LogP contribution in [0.3, 0.4) is 0 Å². The van der Waals surface area contributed by atoms with Gasteiger partial charge in [0.15, 0.2) is 17.6 Å². The fourth-order valence-electron chi connectivity index (χ4n) is 3.46. The van der Waals surface area contributed by atoms with Crippen molar-refractivity contribution in [2.75, 3.05) is 13.1 Å². The van der Waals surface area contributed by atoms with Crippen molar-refractivity contribution >= 4 is 28.6 Å². The van der Waals surface area contributed by atoms with Gasteiger partial charge in [-0.2, -0.15) is 0 Å². The number of halogens is 1. The molecule has 1 atom stereocenters. The van der Waals surface area contributed by atoms with Gasteiger partial charge < -0.3 is 14.1 Å². The van der Waals surface area contributed by atoms with Crippen molar-refractivity contribution in [3.05, 3.63) is 59.4 Å². The van der Waals surface area contributed by atoms with Crippen LogP contribution in [0.2, 0.25) is 5.02 Å². The number of aromatic nitrogens is 1. The monoisotopic (exact) mass is 384 g/mol. The first kappa shape index (κ1) is 17.9. The first-order valence-corrected chi connectivity index (χ1v) is 9.54. The highest BCUT2D eigenvalue weighted by atomic mass is 35.5. The summed E-state index contributed by atoms with van der Waals surface area (Å²) in [7, 11) is 0. The number of ether oxygens (including phenoxy) is 1. The number of hydrogen-bond acceptors (Lipinski definition) is 4. The second-order valence-corrected chi connectivity index (χ2v) is 7.27. The molecule has 0 radical (unpaired) electrons. The van der Waals surface area contributed by atoms with Crippen LogP contribution >= 0.6 is 11.6 Å². The highest BCUT2D eigenvalue weighted by molar-refractivity contribution is 6.30. The Morgan fingerprint density at radius 2 is 2.00 bits per heavy atom. The minimum atomic E-state index is -0.552. The molecule has 27 heavy (non-hydrogen) atoms. The lowest BCUT2D eigenvalue weighted by molar-refractivity contribution is -0.139. The smallest absolute Gasteiger partial charge is 0.263 e. The second kappa shape index (κ2) is 7.61. The third kappa shape index (κ3) is 3.93. The molecule has 0 N–H and O–H groups in total. The van der Waals surface area contributed by atoms with Crippen LogP contribution in [0.5, 0.6) is 5.75 Å². The summed E-state index contributed by atoms with van der Waals surface area (Å²) in [5.41, 5.74) is 1.70. The van der Waals surface area contributed by atoms with Crippen LogP contribution in [-0.2, 0) is 4.79 Å². The van der Waals surface area contributed by atoms with E-state index in [1.807, 2.05) is 29.2 Å². The number of rotatable bonds is 4. The average molecular weight is 385 g/mol. The fourth-order valence-corrected chi connectivity index (χ4v) is 3.64. The molecule has 1 aliphatic heterocycles. The summed E-state index contributed by atoms with van der Waals surface area (Å²) in [6.45, 7) is 3.12. The molecule has 0 bridgehead atoms. The largest absolute Gasteiger partial charge is 0.481 e. The van der Waals surface area contributed by atoms with Gasteiger partial charge >= 0.3 is 0 Å². The summed E-state index contributed by atoms with van der Waals surface area (Å²) in [6.07, 6.45) is 1.12. The van der Waals surface area contributed by atoms with Crippen molar-refractivity contribution in [3.8, 4) is 5.75 Å². The van der Waals surface area contributed by atoms with Gasteiger partial charge in [-0.3, -0.25) is 4.79 Å². The van der Waals surface area contributed by atoms with Gasteiger partial charge in [0.25, 0.3) is 5.91 Å². The molecule has 0 aliphatic carbocycles. The first-order valence-electron chi connectivity index (χ1n) is 9.16. The first-order chi connectivity index (χ1) is 13.1. The molecule has 1 saturated heterocycles. The molecule has 4 rings (SSSR count). The minimum Gasteiger partial charge on any atom is -0.481 e. The fraction of sp³-hybridized carbons (Fsp3) is 0.333. The Balaban J connectivity index is 1.36. The zero-order chi connectivity index (χ0) is 18.8. The predicted molar refractivity (Wildman–Crippen MR) is 104 cm³/mol. The number of likely N-dealkylation sites (tertiary alicyclic amines) is 1. The molecule has 1 amide bonds. The Morgan fingerprint density at radius 1 is 1.22 bits per heavy atom. The van der Waals surface area contributed by atoms with E-state index in [4.69, 9.17) is 20.8 Å². The van der Waals surface area contributed by atoms with Gasteiger partial charge in [0.2, 0.25) is 0 Å². The van der Waals surface area contributed by atoms with Gasteiger partial charge in [-0.1, -0.05) is 29.8 Å². The molecule has 1 aromatic heterocycles. The number of fused-ring (bicyclic) bond motifs is 1. The lowest BCUT2D eigenvalue weighted by Gasteiger charge is -2.32. The number of nitrogens with zero attached hydrogens (tertiary/aromatic N) is 2. The number of amides is 1. The summed E-state index contributed by atoms with van der Waals surface area (Å²) in [5, 5.41) is 0.589. The number of hydrogen-bond donors (Lipinski definition) is 0. The zero-order valence-electron chi connectivity index (χ0n) is 15.1. The average Bonchev–Trinajstić information content (AvgIpc) is 3.12. The topological polar surface area (TPSA) is 55.6 Å². The summed E-state index contributed by atoms with van der Waals surface area (Å²) in [5.74, 6) is 1.60. The van der Waals surface area contributed by atoms with Gasteiger partial charge in [-0.05, 0) is 50.1 Å². The van der Waals surface area contributed by atoms with Crippen molar-refractivity contribution < 1.29 is 13.9 Å². The van der Waals surface area contributed by atoms with Crippen molar-refractivity contribution in [2.24, 2.45) is 0 Å².